The van der Waals surface area contributed by atoms with E-state index < -0.39 is 0 Å². The second-order valence-electron chi connectivity index (χ2n) is 13.5. The lowest BCUT2D eigenvalue weighted by Gasteiger charge is -2.13. The van der Waals surface area contributed by atoms with Crippen LogP contribution in [0.2, 0.25) is 0 Å². The number of para-hydroxylation sites is 1. The minimum Gasteiger partial charge on any atom is -0.309 e. The lowest BCUT2D eigenvalue weighted by atomic mass is 10.1. The van der Waals surface area contributed by atoms with Gasteiger partial charge in [0, 0.05) is 49.8 Å². The average molecular weight is 731 g/mol. The molecule has 0 N–H and O–H groups in total. The largest absolute Gasteiger partial charge is 0.309 e. The Bertz CT molecular complexity index is 3010. The summed E-state index contributed by atoms with van der Waals surface area (Å²) in [6, 6.07) is 60.2. The summed E-state index contributed by atoms with van der Waals surface area (Å²) < 4.78 is 2.22. The summed E-state index contributed by atoms with van der Waals surface area (Å²) in [4.78, 5) is 33.6. The molecule has 3 heterocycles. The van der Waals surface area contributed by atoms with Crippen molar-refractivity contribution in [3.8, 4) is 74.0 Å². The Labute approximate surface area is 328 Å². The fraction of sp³-hybridized carbons (Fsp3) is 0. The molecule has 0 amide bonds. The van der Waals surface area contributed by atoms with Crippen molar-refractivity contribution in [3.63, 3.8) is 0 Å². The summed E-state index contributed by atoms with van der Waals surface area (Å²) in [5.41, 5.74) is 8.38. The van der Waals surface area contributed by atoms with Crippen LogP contribution in [-0.2, 0) is 0 Å². The molecule has 0 bridgehead atoms. The summed E-state index contributed by atoms with van der Waals surface area (Å²) in [5.74, 6) is 3.31. The molecule has 0 fully saturated rings. The summed E-state index contributed by atoms with van der Waals surface area (Å²) in [6.45, 7) is 8.15. The fourth-order valence-electron chi connectivity index (χ4n) is 7.20. The lowest BCUT2D eigenvalue weighted by Crippen LogP contribution is -2.01. The van der Waals surface area contributed by atoms with E-state index in [2.05, 4.69) is 45.8 Å². The van der Waals surface area contributed by atoms with E-state index in [-0.39, 0.29) is 0 Å². The number of nitrogens with zero attached hydrogens (tertiary/aromatic N) is 8. The molecule has 7 aromatic carbocycles. The van der Waals surface area contributed by atoms with E-state index in [0.717, 1.165) is 55.3 Å². The second kappa shape index (κ2) is 14.3. The number of rotatable bonds is 7. The van der Waals surface area contributed by atoms with E-state index >= 15 is 0 Å². The van der Waals surface area contributed by atoms with Gasteiger partial charge in [0.1, 0.15) is 0 Å². The standard InChI is InChI=1S/C49H30N8/c1-50-41-28-27-37(31-40(41)49-55-46(34-20-10-4-11-21-34)52-47(56-49)35-22-12-5-13-23-35)57-42-25-15-14-24-38(42)39-30-36(26-29-43(39)57)48-53-44(32-16-6-2-7-17-32)51-45(54-48)33-18-8-3-9-19-33/h2-31H. The van der Waals surface area contributed by atoms with Crippen molar-refractivity contribution in [2.75, 3.05) is 0 Å². The lowest BCUT2D eigenvalue weighted by molar-refractivity contribution is 1.07. The first kappa shape index (κ1) is 33.4. The van der Waals surface area contributed by atoms with Crippen molar-refractivity contribution in [2.24, 2.45) is 0 Å². The van der Waals surface area contributed by atoms with Gasteiger partial charge >= 0.3 is 0 Å². The first-order valence-electron chi connectivity index (χ1n) is 18.5. The SMILES string of the molecule is [C-]#[N+]c1ccc(-n2c3ccccc3c3cc(-c4nc(-c5ccccc5)nc(-c5ccccc5)n4)ccc32)cc1-c1nc(-c2ccccc2)nc(-c2ccccc2)n1. The summed E-state index contributed by atoms with van der Waals surface area (Å²) in [7, 11) is 0. The molecule has 8 nitrogen and oxygen atoms in total. The molecule has 0 radical (unpaired) electrons. The van der Waals surface area contributed by atoms with Gasteiger partial charge in [0.25, 0.3) is 0 Å². The third-order valence-electron chi connectivity index (χ3n) is 9.93. The Morgan fingerprint density at radius 3 is 1.26 bits per heavy atom. The van der Waals surface area contributed by atoms with Crippen molar-refractivity contribution in [1.82, 2.24) is 34.5 Å². The van der Waals surface area contributed by atoms with Gasteiger partial charge in [0.05, 0.1) is 17.6 Å². The molecule has 0 spiro atoms. The molecule has 57 heavy (non-hydrogen) atoms. The molecule has 0 aliphatic carbocycles. The first-order valence-corrected chi connectivity index (χ1v) is 18.5. The number of hydrogen-bond donors (Lipinski definition) is 0. The highest BCUT2D eigenvalue weighted by molar-refractivity contribution is 6.10. The van der Waals surface area contributed by atoms with E-state index in [0.29, 0.717) is 46.2 Å². The van der Waals surface area contributed by atoms with Crippen LogP contribution in [0.25, 0.3) is 101 Å². The van der Waals surface area contributed by atoms with Gasteiger partial charge < -0.3 is 4.57 Å². The first-order chi connectivity index (χ1) is 28.2. The van der Waals surface area contributed by atoms with E-state index in [1.165, 1.54) is 0 Å². The van der Waals surface area contributed by atoms with Crippen LogP contribution < -0.4 is 0 Å². The van der Waals surface area contributed by atoms with Gasteiger partial charge in [0.2, 0.25) is 0 Å². The van der Waals surface area contributed by atoms with Gasteiger partial charge in [-0.25, -0.2) is 34.7 Å². The van der Waals surface area contributed by atoms with E-state index in [9.17, 15) is 0 Å². The average Bonchev–Trinajstić information content (AvgIpc) is 3.63. The topological polar surface area (TPSA) is 86.6 Å². The Kier molecular flexibility index (Phi) is 8.36. The van der Waals surface area contributed by atoms with E-state index in [1.54, 1.807) is 0 Å². The molecule has 0 unspecified atom stereocenters. The second-order valence-corrected chi connectivity index (χ2v) is 13.5. The predicted molar refractivity (Wildman–Crippen MR) is 226 cm³/mol. The predicted octanol–water partition coefficient (Wildman–Crippen LogP) is 11.7. The van der Waals surface area contributed by atoms with Crippen LogP contribution in [0.1, 0.15) is 0 Å². The number of hydrogen-bond acceptors (Lipinski definition) is 6. The molecule has 8 heteroatoms. The highest BCUT2D eigenvalue weighted by Gasteiger charge is 2.20. The number of benzene rings is 7. The summed E-state index contributed by atoms with van der Waals surface area (Å²) >= 11 is 0. The molecule has 0 saturated heterocycles. The third kappa shape index (κ3) is 6.25. The minimum atomic E-state index is 0.428. The maximum atomic E-state index is 8.15. The van der Waals surface area contributed by atoms with Gasteiger partial charge in [0.15, 0.2) is 40.6 Å². The van der Waals surface area contributed by atoms with Crippen LogP contribution in [-0.4, -0.2) is 34.5 Å². The van der Waals surface area contributed by atoms with Crippen LogP contribution in [0.3, 0.4) is 0 Å². The van der Waals surface area contributed by atoms with Crippen LogP contribution >= 0.6 is 0 Å². The highest BCUT2D eigenvalue weighted by Crippen LogP contribution is 2.38. The molecule has 0 aliphatic heterocycles. The minimum absolute atomic E-state index is 0.428. The Morgan fingerprint density at radius 2 is 0.772 bits per heavy atom. The van der Waals surface area contributed by atoms with Gasteiger partial charge in [-0.2, -0.15) is 0 Å². The quantitative estimate of drug-likeness (QED) is 0.152. The van der Waals surface area contributed by atoms with Gasteiger partial charge in [-0.15, -0.1) is 0 Å². The zero-order valence-electron chi connectivity index (χ0n) is 30.4. The molecular weight excluding hydrogens is 701 g/mol. The van der Waals surface area contributed by atoms with Crippen molar-refractivity contribution < 1.29 is 0 Å². The molecule has 3 aromatic heterocycles. The zero-order chi connectivity index (χ0) is 38.1. The Balaban J connectivity index is 1.15. The summed E-state index contributed by atoms with van der Waals surface area (Å²) in [6.07, 6.45) is 0. The molecule has 0 saturated carbocycles. The van der Waals surface area contributed by atoms with Crippen molar-refractivity contribution in [2.45, 2.75) is 0 Å². The number of aromatic nitrogens is 7. The zero-order valence-corrected chi connectivity index (χ0v) is 30.4. The smallest absolute Gasteiger partial charge is 0.198 e. The van der Waals surface area contributed by atoms with Gasteiger partial charge in [-0.05, 0) is 36.4 Å². The van der Waals surface area contributed by atoms with Crippen LogP contribution in [0.15, 0.2) is 182 Å². The van der Waals surface area contributed by atoms with Crippen LogP contribution in [0, 0.1) is 6.57 Å². The highest BCUT2D eigenvalue weighted by atomic mass is 15.0. The normalized spacial score (nSPS) is 11.1. The Hall–Kier alpha value is -8.15. The molecule has 10 aromatic rings. The monoisotopic (exact) mass is 730 g/mol. The molecule has 10 rings (SSSR count). The van der Waals surface area contributed by atoms with E-state index in [4.69, 9.17) is 36.5 Å². The van der Waals surface area contributed by atoms with Crippen LogP contribution in [0.5, 0.6) is 0 Å². The molecule has 0 aliphatic rings. The molecule has 266 valence electrons. The maximum Gasteiger partial charge on any atom is 0.198 e. The van der Waals surface area contributed by atoms with Gasteiger partial charge in [-0.1, -0.05) is 146 Å². The summed E-state index contributed by atoms with van der Waals surface area (Å²) in [5, 5.41) is 2.11. The van der Waals surface area contributed by atoms with Crippen LogP contribution in [0.4, 0.5) is 5.69 Å². The van der Waals surface area contributed by atoms with Crippen molar-refractivity contribution >= 4 is 27.5 Å². The van der Waals surface area contributed by atoms with Crippen molar-refractivity contribution in [3.05, 3.63) is 193 Å². The van der Waals surface area contributed by atoms with E-state index in [1.807, 2.05) is 146 Å². The number of fused-ring (bicyclic) bond motifs is 3. The Morgan fingerprint density at radius 1 is 0.351 bits per heavy atom. The fourth-order valence-corrected chi connectivity index (χ4v) is 7.20. The maximum absolute atomic E-state index is 8.15. The molecular formula is C49H30N8. The van der Waals surface area contributed by atoms with Gasteiger partial charge in [-0.3, -0.25) is 0 Å². The molecule has 0 atom stereocenters. The van der Waals surface area contributed by atoms with Crippen molar-refractivity contribution in [1.29, 1.82) is 0 Å². The third-order valence-corrected chi connectivity index (χ3v) is 9.93.